The van der Waals surface area contributed by atoms with Crippen molar-refractivity contribution in [2.75, 3.05) is 11.9 Å². The van der Waals surface area contributed by atoms with E-state index in [0.29, 0.717) is 22.0 Å². The van der Waals surface area contributed by atoms with E-state index >= 15 is 0 Å². The van der Waals surface area contributed by atoms with E-state index in [2.05, 4.69) is 21.2 Å². The molecule has 0 saturated heterocycles. The van der Waals surface area contributed by atoms with E-state index in [1.807, 2.05) is 12.1 Å². The van der Waals surface area contributed by atoms with Crippen LogP contribution in [0.5, 0.6) is 5.75 Å². The third-order valence-corrected chi connectivity index (χ3v) is 3.44. The van der Waals surface area contributed by atoms with Crippen LogP contribution in [0.1, 0.15) is 5.56 Å². The van der Waals surface area contributed by atoms with Crippen LogP contribution in [0.15, 0.2) is 46.9 Å². The topological polar surface area (TPSA) is 58.6 Å². The Bertz CT molecular complexity index is 631. The minimum atomic E-state index is -0.281. The summed E-state index contributed by atoms with van der Waals surface area (Å²) in [6.45, 7) is -0.352. The lowest BCUT2D eigenvalue weighted by Crippen LogP contribution is -2.20. The molecule has 2 aromatic rings. The number of benzene rings is 2. The van der Waals surface area contributed by atoms with Crippen molar-refractivity contribution in [3.05, 3.63) is 57.5 Å². The average Bonchev–Trinajstić information content (AvgIpc) is 2.48. The van der Waals surface area contributed by atoms with Gasteiger partial charge < -0.3 is 15.2 Å². The smallest absolute Gasteiger partial charge is 0.262 e. The summed E-state index contributed by atoms with van der Waals surface area (Å²) in [6.07, 6.45) is 0. The highest BCUT2D eigenvalue weighted by molar-refractivity contribution is 9.10. The van der Waals surface area contributed by atoms with Gasteiger partial charge in [-0.25, -0.2) is 0 Å². The van der Waals surface area contributed by atoms with Gasteiger partial charge in [0.25, 0.3) is 5.91 Å². The number of carbonyl (C=O) groups excluding carboxylic acids is 1. The summed E-state index contributed by atoms with van der Waals surface area (Å²) in [5, 5.41) is 12.4. The van der Waals surface area contributed by atoms with Crippen molar-refractivity contribution < 1.29 is 14.6 Å². The third-order valence-electron chi connectivity index (χ3n) is 2.68. The fraction of sp³-hybridized carbons (Fsp3) is 0.133. The van der Waals surface area contributed by atoms with Gasteiger partial charge in [-0.15, -0.1) is 0 Å². The van der Waals surface area contributed by atoms with Crippen molar-refractivity contribution in [3.8, 4) is 5.75 Å². The first-order valence-corrected chi connectivity index (χ1v) is 7.33. The van der Waals surface area contributed by atoms with Crippen LogP contribution in [0.25, 0.3) is 0 Å². The molecular formula is C15H13BrClNO3. The van der Waals surface area contributed by atoms with E-state index in [-0.39, 0.29) is 19.1 Å². The molecule has 0 radical (unpaired) electrons. The lowest BCUT2D eigenvalue weighted by atomic mass is 10.2. The summed E-state index contributed by atoms with van der Waals surface area (Å²) in [5.41, 5.74) is 1.23. The van der Waals surface area contributed by atoms with Gasteiger partial charge in [-0.1, -0.05) is 27.5 Å². The Hall–Kier alpha value is -1.56. The summed E-state index contributed by atoms with van der Waals surface area (Å²) < 4.78 is 6.34. The van der Waals surface area contributed by atoms with Crippen LogP contribution in [0.3, 0.4) is 0 Å². The summed E-state index contributed by atoms with van der Waals surface area (Å²) in [4.78, 5) is 11.8. The van der Waals surface area contributed by atoms with Crippen LogP contribution < -0.4 is 10.1 Å². The molecule has 1 amide bonds. The number of aliphatic hydroxyl groups excluding tert-OH is 1. The number of ether oxygens (including phenoxy) is 1. The van der Waals surface area contributed by atoms with Crippen molar-refractivity contribution >= 4 is 39.1 Å². The predicted octanol–water partition coefficient (Wildman–Crippen LogP) is 3.61. The first kappa shape index (κ1) is 15.8. The zero-order valence-electron chi connectivity index (χ0n) is 11.0. The monoisotopic (exact) mass is 369 g/mol. The Morgan fingerprint density at radius 1 is 1.24 bits per heavy atom. The number of hydrogen-bond donors (Lipinski definition) is 2. The van der Waals surface area contributed by atoms with Crippen molar-refractivity contribution in [3.63, 3.8) is 0 Å². The average molecular weight is 371 g/mol. The van der Waals surface area contributed by atoms with Crippen molar-refractivity contribution in [1.29, 1.82) is 0 Å². The molecule has 0 aliphatic rings. The molecule has 2 aromatic carbocycles. The van der Waals surface area contributed by atoms with Crippen LogP contribution in [0.4, 0.5) is 5.69 Å². The number of rotatable bonds is 5. The van der Waals surface area contributed by atoms with Gasteiger partial charge >= 0.3 is 0 Å². The molecule has 0 fully saturated rings. The SMILES string of the molecule is O=C(COc1ccc(Cl)cc1CO)Nc1ccc(Br)cc1. The Labute approximate surface area is 135 Å². The second-order valence-corrected chi connectivity index (χ2v) is 5.61. The van der Waals surface area contributed by atoms with Crippen LogP contribution in [-0.2, 0) is 11.4 Å². The van der Waals surface area contributed by atoms with Crippen molar-refractivity contribution in [2.24, 2.45) is 0 Å². The van der Waals surface area contributed by atoms with Gasteiger partial charge in [0.2, 0.25) is 0 Å². The van der Waals surface area contributed by atoms with Gasteiger partial charge in [0, 0.05) is 20.7 Å². The molecule has 6 heteroatoms. The Morgan fingerprint density at radius 3 is 2.62 bits per heavy atom. The Kier molecular flexibility index (Phi) is 5.61. The summed E-state index contributed by atoms with van der Waals surface area (Å²) in [5.74, 6) is 0.156. The van der Waals surface area contributed by atoms with Gasteiger partial charge in [-0.3, -0.25) is 4.79 Å². The molecule has 0 saturated carbocycles. The maximum Gasteiger partial charge on any atom is 0.262 e. The fourth-order valence-corrected chi connectivity index (χ4v) is 2.15. The zero-order chi connectivity index (χ0) is 15.2. The standard InChI is InChI=1S/C15H13BrClNO3/c16-11-1-4-13(5-2-11)18-15(20)9-21-14-6-3-12(17)7-10(14)8-19/h1-7,19H,8-9H2,(H,18,20). The third kappa shape index (κ3) is 4.74. The molecule has 0 atom stereocenters. The lowest BCUT2D eigenvalue weighted by Gasteiger charge is -2.10. The lowest BCUT2D eigenvalue weighted by molar-refractivity contribution is -0.118. The number of carbonyl (C=O) groups is 1. The number of anilines is 1. The molecular weight excluding hydrogens is 358 g/mol. The molecule has 2 rings (SSSR count). The maximum absolute atomic E-state index is 11.8. The second-order valence-electron chi connectivity index (χ2n) is 4.25. The van der Waals surface area contributed by atoms with Gasteiger partial charge in [-0.2, -0.15) is 0 Å². The van der Waals surface area contributed by atoms with Crippen molar-refractivity contribution in [1.82, 2.24) is 0 Å². The van der Waals surface area contributed by atoms with Crippen LogP contribution in [0.2, 0.25) is 5.02 Å². The summed E-state index contributed by atoms with van der Waals surface area (Å²) in [6, 6.07) is 12.1. The molecule has 0 heterocycles. The highest BCUT2D eigenvalue weighted by Crippen LogP contribution is 2.23. The molecule has 0 aliphatic carbocycles. The summed E-state index contributed by atoms with van der Waals surface area (Å²) >= 11 is 9.15. The molecule has 4 nitrogen and oxygen atoms in total. The number of hydrogen-bond acceptors (Lipinski definition) is 3. The number of nitrogens with one attached hydrogen (secondary N) is 1. The zero-order valence-corrected chi connectivity index (χ0v) is 13.3. The highest BCUT2D eigenvalue weighted by atomic mass is 79.9. The van der Waals surface area contributed by atoms with E-state index in [9.17, 15) is 9.90 Å². The molecule has 0 bridgehead atoms. The molecule has 0 aromatic heterocycles. The molecule has 110 valence electrons. The first-order valence-electron chi connectivity index (χ1n) is 6.16. The number of halogens is 2. The quantitative estimate of drug-likeness (QED) is 0.845. The van der Waals surface area contributed by atoms with E-state index in [1.54, 1.807) is 30.3 Å². The van der Waals surface area contributed by atoms with Gasteiger partial charge in [-0.05, 0) is 42.5 Å². The summed E-state index contributed by atoms with van der Waals surface area (Å²) in [7, 11) is 0. The van der Waals surface area contributed by atoms with Crippen LogP contribution in [-0.4, -0.2) is 17.6 Å². The van der Waals surface area contributed by atoms with Crippen LogP contribution >= 0.6 is 27.5 Å². The van der Waals surface area contributed by atoms with Gasteiger partial charge in [0.05, 0.1) is 6.61 Å². The van der Waals surface area contributed by atoms with Gasteiger partial charge in [0.15, 0.2) is 6.61 Å². The highest BCUT2D eigenvalue weighted by Gasteiger charge is 2.07. The van der Waals surface area contributed by atoms with Crippen molar-refractivity contribution in [2.45, 2.75) is 6.61 Å². The van der Waals surface area contributed by atoms with E-state index in [4.69, 9.17) is 16.3 Å². The number of amides is 1. The Balaban J connectivity index is 1.93. The molecule has 0 spiro atoms. The predicted molar refractivity (Wildman–Crippen MR) is 85.6 cm³/mol. The second kappa shape index (κ2) is 7.45. The minimum absolute atomic E-state index is 0.148. The maximum atomic E-state index is 11.8. The number of aliphatic hydroxyl groups is 1. The van der Waals surface area contributed by atoms with E-state index < -0.39 is 0 Å². The molecule has 0 unspecified atom stereocenters. The fourth-order valence-electron chi connectivity index (χ4n) is 1.69. The van der Waals surface area contributed by atoms with Crippen LogP contribution in [0, 0.1) is 0 Å². The van der Waals surface area contributed by atoms with E-state index in [1.165, 1.54) is 0 Å². The first-order chi connectivity index (χ1) is 10.1. The Morgan fingerprint density at radius 2 is 1.95 bits per heavy atom. The van der Waals surface area contributed by atoms with E-state index in [0.717, 1.165) is 4.47 Å². The molecule has 21 heavy (non-hydrogen) atoms. The van der Waals surface area contributed by atoms with Gasteiger partial charge in [0.1, 0.15) is 5.75 Å². The largest absolute Gasteiger partial charge is 0.483 e. The normalized spacial score (nSPS) is 10.2. The molecule has 0 aliphatic heterocycles. The molecule has 2 N–H and O–H groups in total. The minimum Gasteiger partial charge on any atom is -0.483 e.